The van der Waals surface area contributed by atoms with Crippen molar-refractivity contribution < 1.29 is 0 Å². The van der Waals surface area contributed by atoms with E-state index in [1.807, 2.05) is 103 Å². The van der Waals surface area contributed by atoms with Gasteiger partial charge in [-0.1, -0.05) is 103 Å². The maximum atomic E-state index is 10.6. The summed E-state index contributed by atoms with van der Waals surface area (Å²) in [5.41, 5.74) is 11.6. The van der Waals surface area contributed by atoms with E-state index in [2.05, 4.69) is 96.2 Å². The molecule has 6 nitrogen and oxygen atoms in total. The molecule has 0 aliphatic heterocycles. The van der Waals surface area contributed by atoms with Crippen molar-refractivity contribution in [2.45, 2.75) is 0 Å². The predicted octanol–water partition coefficient (Wildman–Crippen LogP) is 13.6. The number of nitrogens with zero attached hydrogens (tertiary/aromatic N) is 6. The Hall–Kier alpha value is -8.37. The fraction of sp³-hybridized carbons (Fsp3) is 0. The van der Waals surface area contributed by atoms with Crippen molar-refractivity contribution in [3.8, 4) is 34.3 Å². The Bertz CT molecular complexity index is 3520. The van der Waals surface area contributed by atoms with Gasteiger partial charge in [-0.25, -0.2) is 9.69 Å². The van der Waals surface area contributed by atoms with Crippen molar-refractivity contribution in [1.29, 1.82) is 5.26 Å². The van der Waals surface area contributed by atoms with Gasteiger partial charge in [0.15, 0.2) is 5.69 Å². The summed E-state index contributed by atoms with van der Waals surface area (Å²) >= 11 is 0. The molecule has 11 aromatic rings. The molecule has 3 aromatic heterocycles. The molecule has 262 valence electrons. The standard InChI is InChI=1S/C51H28N6/c1-53-42-29-34(24-25-35(42)32-23-26-49(43(28-32)54-2)56-45-19-9-3-13-36(45)37-14-4-10-20-46(37)56)55-44-18-8-7-17-40(44)41-27-33(31-52)50(30-51(41)55)57-47-21-11-5-15-38(47)39-16-6-12-22-48(39)57/h3-30H. The molecule has 3 heterocycles. The van der Waals surface area contributed by atoms with Crippen LogP contribution in [-0.4, -0.2) is 13.7 Å². The number of fused-ring (bicyclic) bond motifs is 9. The van der Waals surface area contributed by atoms with Crippen LogP contribution in [0.15, 0.2) is 170 Å². The molecule has 0 saturated heterocycles. The summed E-state index contributed by atoms with van der Waals surface area (Å²) in [6, 6.07) is 59.9. The molecule has 0 atom stereocenters. The second kappa shape index (κ2) is 12.3. The third kappa shape index (κ3) is 4.61. The highest BCUT2D eigenvalue weighted by atomic mass is 15.0. The van der Waals surface area contributed by atoms with E-state index in [9.17, 15) is 5.26 Å². The van der Waals surface area contributed by atoms with E-state index >= 15 is 0 Å². The minimum Gasteiger partial charge on any atom is -0.319 e. The summed E-state index contributed by atoms with van der Waals surface area (Å²) in [6.45, 7) is 16.6. The molecule has 0 aliphatic rings. The molecular weight excluding hydrogens is 697 g/mol. The van der Waals surface area contributed by atoms with E-state index in [1.165, 1.54) is 0 Å². The zero-order valence-electron chi connectivity index (χ0n) is 30.3. The first kappa shape index (κ1) is 32.1. The SMILES string of the molecule is [C-]#[N+]c1cc(-n2c3ccccc3c3cc(C#N)c(-n4c5ccccc5c5ccccc54)cc32)ccc1-c1ccc(-n2c3ccccc3c3ccccc32)c([N+]#[C-])c1. The molecule has 0 unspecified atom stereocenters. The number of aromatic nitrogens is 3. The lowest BCUT2D eigenvalue weighted by molar-refractivity contribution is 1.15. The van der Waals surface area contributed by atoms with Crippen molar-refractivity contribution in [3.05, 3.63) is 198 Å². The van der Waals surface area contributed by atoms with Gasteiger partial charge in [0.1, 0.15) is 6.07 Å². The Kier molecular flexibility index (Phi) is 6.95. The number of hydrogen-bond donors (Lipinski definition) is 0. The largest absolute Gasteiger partial charge is 0.319 e. The second-order valence-electron chi connectivity index (χ2n) is 14.2. The Morgan fingerprint density at radius 1 is 0.404 bits per heavy atom. The molecule has 0 aliphatic carbocycles. The van der Waals surface area contributed by atoms with Crippen LogP contribution in [-0.2, 0) is 0 Å². The number of para-hydroxylation sites is 5. The highest BCUT2D eigenvalue weighted by molar-refractivity contribution is 6.13. The van der Waals surface area contributed by atoms with Crippen LogP contribution in [0.5, 0.6) is 0 Å². The van der Waals surface area contributed by atoms with Gasteiger partial charge in [0.25, 0.3) is 0 Å². The van der Waals surface area contributed by atoms with Gasteiger partial charge in [-0.15, -0.1) is 0 Å². The maximum absolute atomic E-state index is 10.6. The van der Waals surface area contributed by atoms with Crippen molar-refractivity contribution in [1.82, 2.24) is 13.7 Å². The molecule has 0 fully saturated rings. The summed E-state index contributed by atoms with van der Waals surface area (Å²) in [7, 11) is 0. The highest BCUT2D eigenvalue weighted by Crippen LogP contribution is 2.42. The average Bonchev–Trinajstić information content (AvgIpc) is 3.91. The van der Waals surface area contributed by atoms with Crippen molar-refractivity contribution >= 4 is 76.8 Å². The third-order valence-corrected chi connectivity index (χ3v) is 11.3. The van der Waals surface area contributed by atoms with E-state index < -0.39 is 0 Å². The number of rotatable bonds is 4. The number of benzene rings is 8. The van der Waals surface area contributed by atoms with Crippen LogP contribution in [0.2, 0.25) is 0 Å². The zero-order chi connectivity index (χ0) is 38.2. The summed E-state index contributed by atoms with van der Waals surface area (Å²) in [4.78, 5) is 8.06. The predicted molar refractivity (Wildman–Crippen MR) is 232 cm³/mol. The minimum absolute atomic E-state index is 0.482. The third-order valence-electron chi connectivity index (χ3n) is 11.3. The quantitative estimate of drug-likeness (QED) is 0.167. The first-order valence-corrected chi connectivity index (χ1v) is 18.6. The Morgan fingerprint density at radius 3 is 1.39 bits per heavy atom. The molecule has 0 amide bonds. The summed E-state index contributed by atoms with van der Waals surface area (Å²) in [5.74, 6) is 0. The van der Waals surface area contributed by atoms with Gasteiger partial charge in [-0.2, -0.15) is 5.26 Å². The topological polar surface area (TPSA) is 47.3 Å². The molecule has 6 heteroatoms. The lowest BCUT2D eigenvalue weighted by Crippen LogP contribution is -2.00. The molecule has 0 radical (unpaired) electrons. The molecule has 0 N–H and O–H groups in total. The van der Waals surface area contributed by atoms with Gasteiger partial charge in [0.2, 0.25) is 5.69 Å². The smallest absolute Gasteiger partial charge is 0.211 e. The lowest BCUT2D eigenvalue weighted by atomic mass is 10.0. The highest BCUT2D eigenvalue weighted by Gasteiger charge is 2.21. The summed E-state index contributed by atoms with van der Waals surface area (Å²) in [5, 5.41) is 17.1. The van der Waals surface area contributed by atoms with Gasteiger partial charge < -0.3 is 13.7 Å². The number of nitriles is 1. The first-order valence-electron chi connectivity index (χ1n) is 18.6. The van der Waals surface area contributed by atoms with Gasteiger partial charge in [-0.05, 0) is 77.9 Å². The van der Waals surface area contributed by atoms with E-state index in [0.29, 0.717) is 16.9 Å². The normalized spacial score (nSPS) is 11.5. The molecule has 0 bridgehead atoms. The summed E-state index contributed by atoms with van der Waals surface area (Å²) in [6.07, 6.45) is 0. The zero-order valence-corrected chi connectivity index (χ0v) is 30.3. The molecule has 0 spiro atoms. The molecular formula is C51H28N6. The van der Waals surface area contributed by atoms with Crippen LogP contribution in [0.4, 0.5) is 11.4 Å². The fourth-order valence-electron chi connectivity index (χ4n) is 8.89. The van der Waals surface area contributed by atoms with E-state index in [-0.39, 0.29) is 0 Å². The molecule has 8 aromatic carbocycles. The van der Waals surface area contributed by atoms with Crippen LogP contribution >= 0.6 is 0 Å². The van der Waals surface area contributed by atoms with Crippen LogP contribution < -0.4 is 0 Å². The monoisotopic (exact) mass is 724 g/mol. The minimum atomic E-state index is 0.482. The van der Waals surface area contributed by atoms with Crippen LogP contribution in [0.3, 0.4) is 0 Å². The van der Waals surface area contributed by atoms with Crippen LogP contribution in [0.1, 0.15) is 5.56 Å². The van der Waals surface area contributed by atoms with E-state index in [4.69, 9.17) is 13.1 Å². The number of hydrogen-bond acceptors (Lipinski definition) is 1. The summed E-state index contributed by atoms with van der Waals surface area (Å²) < 4.78 is 6.54. The van der Waals surface area contributed by atoms with E-state index in [0.717, 1.165) is 93.6 Å². The lowest BCUT2D eigenvalue weighted by Gasteiger charge is -2.15. The van der Waals surface area contributed by atoms with Gasteiger partial charge >= 0.3 is 0 Å². The van der Waals surface area contributed by atoms with Gasteiger partial charge in [0, 0.05) is 38.0 Å². The van der Waals surface area contributed by atoms with Crippen molar-refractivity contribution in [2.75, 3.05) is 0 Å². The molecule has 0 saturated carbocycles. The van der Waals surface area contributed by atoms with Crippen LogP contribution in [0, 0.1) is 24.5 Å². The Balaban J connectivity index is 1.10. The Labute approximate surface area is 327 Å². The Morgan fingerprint density at radius 2 is 0.877 bits per heavy atom. The second-order valence-corrected chi connectivity index (χ2v) is 14.2. The maximum Gasteiger partial charge on any atom is 0.211 e. The van der Waals surface area contributed by atoms with Gasteiger partial charge in [0.05, 0.1) is 63.2 Å². The van der Waals surface area contributed by atoms with Crippen molar-refractivity contribution in [2.24, 2.45) is 0 Å². The average molecular weight is 725 g/mol. The fourth-order valence-corrected chi connectivity index (χ4v) is 8.89. The molecule has 57 heavy (non-hydrogen) atoms. The van der Waals surface area contributed by atoms with Gasteiger partial charge in [-0.3, -0.25) is 0 Å². The van der Waals surface area contributed by atoms with E-state index in [1.54, 1.807) is 0 Å². The van der Waals surface area contributed by atoms with Crippen LogP contribution in [0.25, 0.3) is 103 Å². The van der Waals surface area contributed by atoms with Crippen molar-refractivity contribution in [3.63, 3.8) is 0 Å². The molecule has 11 rings (SSSR count). The first-order chi connectivity index (χ1) is 28.2.